The topological polar surface area (TPSA) is 70.0 Å². The van der Waals surface area contributed by atoms with E-state index in [1.807, 2.05) is 39.5 Å². The minimum absolute atomic E-state index is 0.0299. The highest BCUT2D eigenvalue weighted by Gasteiger charge is 2.54. The minimum Gasteiger partial charge on any atom is -0.381 e. The molecule has 5 nitrogen and oxygen atoms in total. The molecule has 0 aromatic carbocycles. The van der Waals surface area contributed by atoms with Crippen LogP contribution in [0.2, 0.25) is 0 Å². The molecular formula is C25H42Cl3NO4S. The lowest BCUT2D eigenvalue weighted by atomic mass is 9.73. The normalized spacial score (nSPS) is 33.4. The van der Waals surface area contributed by atoms with E-state index in [2.05, 4.69) is 0 Å². The van der Waals surface area contributed by atoms with Crippen LogP contribution >= 0.6 is 45.4 Å². The van der Waals surface area contributed by atoms with E-state index in [1.165, 1.54) is 0 Å². The van der Waals surface area contributed by atoms with E-state index < -0.39 is 26.1 Å². The highest BCUT2D eigenvalue weighted by atomic mass is 35.5. The molecule has 5 unspecified atom stereocenters. The van der Waals surface area contributed by atoms with Crippen LogP contribution in [0.25, 0.3) is 0 Å². The van der Waals surface area contributed by atoms with Crippen LogP contribution in [0, 0.1) is 11.3 Å². The smallest absolute Gasteiger partial charge is 0.228 e. The number of carbonyl (C=O) groups is 1. The van der Waals surface area contributed by atoms with Crippen LogP contribution in [0.3, 0.4) is 0 Å². The lowest BCUT2D eigenvalue weighted by Gasteiger charge is -2.59. The van der Waals surface area contributed by atoms with Crippen molar-refractivity contribution in [3.63, 3.8) is 0 Å². The highest BCUT2D eigenvalue weighted by Crippen LogP contribution is 2.69. The van der Waals surface area contributed by atoms with Gasteiger partial charge in [-0.2, -0.15) is 10.6 Å². The lowest BCUT2D eigenvalue weighted by Crippen LogP contribution is -2.57. The summed E-state index contributed by atoms with van der Waals surface area (Å²) in [5, 5.41) is -0.861. The van der Waals surface area contributed by atoms with Gasteiger partial charge in [0, 0.05) is 35.6 Å². The Labute approximate surface area is 222 Å². The molecular weight excluding hydrogens is 517 g/mol. The van der Waals surface area contributed by atoms with E-state index in [0.717, 1.165) is 12.8 Å². The Morgan fingerprint density at radius 1 is 1.12 bits per heavy atom. The van der Waals surface area contributed by atoms with Gasteiger partial charge in [-0.15, -0.1) is 34.8 Å². The number of carbonyl (C=O) groups excluding carboxylic acids is 1. The second kappa shape index (κ2) is 11.0. The number of hydrogen-bond acceptors (Lipinski definition) is 4. The Morgan fingerprint density at radius 2 is 1.74 bits per heavy atom. The summed E-state index contributed by atoms with van der Waals surface area (Å²) < 4.78 is 28.6. The third-order valence-electron chi connectivity index (χ3n) is 7.90. The summed E-state index contributed by atoms with van der Waals surface area (Å²) in [5.74, 6) is 0.139. The van der Waals surface area contributed by atoms with E-state index in [0.29, 0.717) is 50.2 Å². The van der Waals surface area contributed by atoms with Crippen LogP contribution in [-0.2, 0) is 9.53 Å². The van der Waals surface area contributed by atoms with Crippen molar-refractivity contribution in [1.29, 1.82) is 0 Å². The molecule has 0 aromatic rings. The molecule has 9 heteroatoms. The van der Waals surface area contributed by atoms with Gasteiger partial charge in [0.1, 0.15) is 0 Å². The molecule has 1 saturated heterocycles. The molecule has 2 N–H and O–H groups in total. The standard InChI is InChI=1S/C25H42Cl3NO4S/c1-16(2)29(23(30)24(3,4)5)22-9-6-17(14-21(22)28)25(10-12-33-13-11-25)34(31,32)18-7-8-19(26)20(27)15-18/h15-17,19-22,31-32H,6-14H2,1-5H3. The number of nitrogens with zero attached hydrogens (tertiary/aromatic N) is 1. The zero-order valence-corrected chi connectivity index (χ0v) is 24.2. The van der Waals surface area contributed by atoms with Crippen LogP contribution in [0.1, 0.15) is 79.6 Å². The van der Waals surface area contributed by atoms with Crippen molar-refractivity contribution in [2.75, 3.05) is 13.2 Å². The molecule has 5 atom stereocenters. The fraction of sp³-hybridized carbons (Fsp3) is 0.880. The van der Waals surface area contributed by atoms with E-state index in [4.69, 9.17) is 39.5 Å². The third-order valence-corrected chi connectivity index (χ3v) is 12.4. The maximum atomic E-state index is 13.3. The molecule has 0 bridgehead atoms. The first kappa shape index (κ1) is 28.9. The molecule has 0 radical (unpaired) electrons. The summed E-state index contributed by atoms with van der Waals surface area (Å²) in [6.45, 7) is 10.9. The van der Waals surface area contributed by atoms with Gasteiger partial charge in [0.25, 0.3) is 0 Å². The molecule has 34 heavy (non-hydrogen) atoms. The Kier molecular flexibility index (Phi) is 9.31. The van der Waals surface area contributed by atoms with Crippen LogP contribution in [0.5, 0.6) is 0 Å². The largest absolute Gasteiger partial charge is 0.381 e. The minimum atomic E-state index is -3.12. The number of ether oxygens (including phenoxy) is 1. The Hall–Kier alpha value is 0.310. The van der Waals surface area contributed by atoms with Gasteiger partial charge in [-0.1, -0.05) is 20.8 Å². The lowest BCUT2D eigenvalue weighted by molar-refractivity contribution is -0.145. The predicted molar refractivity (Wildman–Crippen MR) is 144 cm³/mol. The van der Waals surface area contributed by atoms with E-state index in [9.17, 15) is 13.9 Å². The molecule has 0 spiro atoms. The van der Waals surface area contributed by atoms with Crippen LogP contribution < -0.4 is 0 Å². The first-order valence-corrected chi connectivity index (χ1v) is 15.4. The molecule has 1 amide bonds. The fourth-order valence-corrected chi connectivity index (χ4v) is 9.66. The number of alkyl halides is 3. The number of halogens is 3. The van der Waals surface area contributed by atoms with Gasteiger partial charge in [-0.05, 0) is 70.8 Å². The van der Waals surface area contributed by atoms with Gasteiger partial charge in [-0.25, -0.2) is 0 Å². The SMILES string of the molecule is CC(C)N(C(=O)C(C)(C)C)C1CCC(C2(S(O)(O)C3=CC(Cl)C(Cl)CC3)CCOCC2)CC1Cl. The van der Waals surface area contributed by atoms with Crippen molar-refractivity contribution in [2.24, 2.45) is 11.3 Å². The molecule has 3 aliphatic rings. The fourth-order valence-electron chi connectivity index (χ4n) is 5.99. The molecule has 1 aliphatic heterocycles. The third kappa shape index (κ3) is 5.58. The number of rotatable bonds is 5. The average Bonchev–Trinajstić information content (AvgIpc) is 2.76. The van der Waals surface area contributed by atoms with Gasteiger partial charge >= 0.3 is 0 Å². The van der Waals surface area contributed by atoms with Gasteiger partial charge in [-0.3, -0.25) is 13.9 Å². The Morgan fingerprint density at radius 3 is 2.24 bits per heavy atom. The average molecular weight is 559 g/mol. The summed E-state index contributed by atoms with van der Waals surface area (Å²) in [6.07, 6.45) is 6.30. The van der Waals surface area contributed by atoms with E-state index in [-0.39, 0.29) is 34.7 Å². The molecule has 3 rings (SSSR count). The molecule has 1 saturated carbocycles. The van der Waals surface area contributed by atoms with E-state index in [1.54, 1.807) is 6.08 Å². The highest BCUT2D eigenvalue weighted by molar-refractivity contribution is 8.28. The first-order valence-electron chi connectivity index (χ1n) is 12.5. The number of amides is 1. The predicted octanol–water partition coefficient (Wildman–Crippen LogP) is 7.24. The zero-order chi connectivity index (χ0) is 25.5. The van der Waals surface area contributed by atoms with Crippen molar-refractivity contribution >= 4 is 51.3 Å². The van der Waals surface area contributed by atoms with Gasteiger partial charge < -0.3 is 9.64 Å². The molecule has 0 aromatic heterocycles. The van der Waals surface area contributed by atoms with Crippen LogP contribution in [-0.4, -0.2) is 66.1 Å². The van der Waals surface area contributed by atoms with Crippen molar-refractivity contribution < 1.29 is 18.6 Å². The summed E-state index contributed by atoms with van der Waals surface area (Å²) >= 11 is 19.7. The zero-order valence-electron chi connectivity index (χ0n) is 21.1. The maximum Gasteiger partial charge on any atom is 0.228 e. The quantitative estimate of drug-likeness (QED) is 0.349. The van der Waals surface area contributed by atoms with Gasteiger partial charge in [0.15, 0.2) is 0 Å². The van der Waals surface area contributed by atoms with E-state index >= 15 is 0 Å². The molecule has 198 valence electrons. The Bertz CT molecular complexity index is 764. The summed E-state index contributed by atoms with van der Waals surface area (Å²) in [5.41, 5.74) is -0.485. The summed E-state index contributed by atoms with van der Waals surface area (Å²) in [7, 11) is -3.12. The van der Waals surface area contributed by atoms with Crippen molar-refractivity contribution in [2.45, 2.75) is 113 Å². The van der Waals surface area contributed by atoms with Crippen LogP contribution in [0.15, 0.2) is 11.0 Å². The monoisotopic (exact) mass is 557 g/mol. The second-order valence-electron chi connectivity index (χ2n) is 11.5. The number of hydrogen-bond donors (Lipinski definition) is 2. The first-order chi connectivity index (χ1) is 15.7. The van der Waals surface area contributed by atoms with Crippen molar-refractivity contribution in [3.8, 4) is 0 Å². The van der Waals surface area contributed by atoms with Gasteiger partial charge in [0.2, 0.25) is 5.91 Å². The summed E-state index contributed by atoms with van der Waals surface area (Å²) in [4.78, 5) is 15.9. The second-order valence-corrected chi connectivity index (χ2v) is 15.6. The maximum absolute atomic E-state index is 13.3. The van der Waals surface area contributed by atoms with Gasteiger partial charge in [0.05, 0.1) is 20.9 Å². The van der Waals surface area contributed by atoms with Crippen LogP contribution in [0.4, 0.5) is 0 Å². The molecule has 1 heterocycles. The van der Waals surface area contributed by atoms with Crippen molar-refractivity contribution in [3.05, 3.63) is 11.0 Å². The summed E-state index contributed by atoms with van der Waals surface area (Å²) in [6, 6.07) is -0.0232. The molecule has 2 aliphatic carbocycles. The molecule has 2 fully saturated rings. The Balaban J connectivity index is 1.88. The van der Waals surface area contributed by atoms with Crippen molar-refractivity contribution in [1.82, 2.24) is 4.90 Å². The number of allylic oxidation sites excluding steroid dienone is 2.